The molecule has 0 atom stereocenters. The van der Waals surface area contributed by atoms with Gasteiger partial charge in [-0.1, -0.05) is 0 Å². The number of carbonyl (C=O) groups is 1. The summed E-state index contributed by atoms with van der Waals surface area (Å²) in [5.41, 5.74) is 5.91. The van der Waals surface area contributed by atoms with Gasteiger partial charge in [-0.05, 0) is 19.8 Å². The highest BCUT2D eigenvalue weighted by Crippen LogP contribution is 2.33. The van der Waals surface area contributed by atoms with Crippen LogP contribution in [0.4, 0.5) is 0 Å². The summed E-state index contributed by atoms with van der Waals surface area (Å²) in [5.74, 6) is -0.343. The molecule has 0 aliphatic heterocycles. The van der Waals surface area contributed by atoms with Gasteiger partial charge in [-0.25, -0.2) is 0 Å². The van der Waals surface area contributed by atoms with Gasteiger partial charge < -0.3 is 16.0 Å². The molecular formula is C11H15N3O2. The molecule has 1 fully saturated rings. The first-order valence-electron chi connectivity index (χ1n) is 5.28. The summed E-state index contributed by atoms with van der Waals surface area (Å²) in [6.07, 6.45) is 3.22. The smallest absolute Gasteiger partial charge is 0.257 e. The Hall–Kier alpha value is -1.62. The van der Waals surface area contributed by atoms with Crippen molar-refractivity contribution in [3.63, 3.8) is 0 Å². The highest BCUT2D eigenvalue weighted by Gasteiger charge is 2.42. The first-order chi connectivity index (χ1) is 7.56. The predicted molar refractivity (Wildman–Crippen MR) is 60.3 cm³/mol. The molecule has 1 aromatic heterocycles. The van der Waals surface area contributed by atoms with Gasteiger partial charge in [0.1, 0.15) is 5.56 Å². The molecule has 0 saturated heterocycles. The molecule has 0 radical (unpaired) electrons. The van der Waals surface area contributed by atoms with Gasteiger partial charge in [0.15, 0.2) is 5.43 Å². The maximum atomic E-state index is 11.8. The number of nitrogens with two attached hydrogens (primary N) is 1. The van der Waals surface area contributed by atoms with Crippen LogP contribution in [0.1, 0.15) is 28.9 Å². The summed E-state index contributed by atoms with van der Waals surface area (Å²) in [6.45, 7) is 2.19. The fourth-order valence-electron chi connectivity index (χ4n) is 1.59. The molecule has 2 rings (SSSR count). The molecule has 1 amide bonds. The van der Waals surface area contributed by atoms with Gasteiger partial charge in [0.05, 0.1) is 5.54 Å². The summed E-state index contributed by atoms with van der Waals surface area (Å²) in [4.78, 5) is 26.2. The van der Waals surface area contributed by atoms with Crippen LogP contribution in [0.5, 0.6) is 0 Å². The minimum Gasteiger partial charge on any atom is -0.364 e. The second kappa shape index (κ2) is 3.75. The highest BCUT2D eigenvalue weighted by molar-refractivity contribution is 5.94. The Morgan fingerprint density at radius 2 is 2.31 bits per heavy atom. The van der Waals surface area contributed by atoms with E-state index in [9.17, 15) is 9.59 Å². The topological polar surface area (TPSA) is 88.0 Å². The number of rotatable bonds is 3. The molecule has 1 aliphatic carbocycles. The third kappa shape index (κ3) is 1.99. The lowest BCUT2D eigenvalue weighted by Gasteiger charge is -2.14. The van der Waals surface area contributed by atoms with E-state index in [1.807, 2.05) is 0 Å². The molecule has 86 valence electrons. The fraction of sp³-hybridized carbons (Fsp3) is 0.455. The Balaban J connectivity index is 2.18. The Morgan fingerprint density at radius 3 is 2.81 bits per heavy atom. The van der Waals surface area contributed by atoms with Crippen LogP contribution in [0.2, 0.25) is 0 Å². The van der Waals surface area contributed by atoms with Crippen LogP contribution in [0, 0.1) is 6.92 Å². The number of aromatic nitrogens is 1. The van der Waals surface area contributed by atoms with Crippen molar-refractivity contribution in [2.45, 2.75) is 25.3 Å². The molecule has 4 N–H and O–H groups in total. The lowest BCUT2D eigenvalue weighted by Crippen LogP contribution is -2.43. The van der Waals surface area contributed by atoms with E-state index in [4.69, 9.17) is 5.73 Å². The lowest BCUT2D eigenvalue weighted by molar-refractivity contribution is 0.0931. The van der Waals surface area contributed by atoms with Gasteiger partial charge in [-0.15, -0.1) is 0 Å². The van der Waals surface area contributed by atoms with Crippen molar-refractivity contribution >= 4 is 5.91 Å². The first kappa shape index (κ1) is 10.9. The largest absolute Gasteiger partial charge is 0.364 e. The van der Waals surface area contributed by atoms with Crippen molar-refractivity contribution in [2.75, 3.05) is 6.54 Å². The quantitative estimate of drug-likeness (QED) is 0.666. The summed E-state index contributed by atoms with van der Waals surface area (Å²) in [5, 5.41) is 2.81. The third-order valence-electron chi connectivity index (χ3n) is 2.92. The molecule has 1 aromatic rings. The Labute approximate surface area is 93.0 Å². The zero-order chi connectivity index (χ0) is 11.8. The summed E-state index contributed by atoms with van der Waals surface area (Å²) >= 11 is 0. The molecule has 0 bridgehead atoms. The van der Waals surface area contributed by atoms with Crippen molar-refractivity contribution in [1.82, 2.24) is 10.3 Å². The summed E-state index contributed by atoms with van der Waals surface area (Å²) < 4.78 is 0. The van der Waals surface area contributed by atoms with Crippen LogP contribution < -0.4 is 16.5 Å². The van der Waals surface area contributed by atoms with E-state index in [1.54, 1.807) is 6.92 Å². The number of hydrogen-bond acceptors (Lipinski definition) is 3. The van der Waals surface area contributed by atoms with E-state index in [0.29, 0.717) is 6.54 Å². The van der Waals surface area contributed by atoms with E-state index in [1.165, 1.54) is 12.3 Å². The summed E-state index contributed by atoms with van der Waals surface area (Å²) in [6, 6.07) is 1.41. The normalized spacial score (nSPS) is 16.9. The average molecular weight is 221 g/mol. The average Bonchev–Trinajstić information content (AvgIpc) is 2.98. The first-order valence-corrected chi connectivity index (χ1v) is 5.28. The number of pyridine rings is 1. The van der Waals surface area contributed by atoms with Crippen molar-refractivity contribution in [2.24, 2.45) is 5.73 Å². The van der Waals surface area contributed by atoms with Gasteiger partial charge in [-0.3, -0.25) is 9.59 Å². The van der Waals surface area contributed by atoms with Gasteiger partial charge in [-0.2, -0.15) is 0 Å². The van der Waals surface area contributed by atoms with E-state index in [0.717, 1.165) is 18.5 Å². The molecule has 16 heavy (non-hydrogen) atoms. The molecule has 0 spiro atoms. The van der Waals surface area contributed by atoms with Crippen LogP contribution in [-0.2, 0) is 0 Å². The van der Waals surface area contributed by atoms with Crippen molar-refractivity contribution < 1.29 is 4.79 Å². The van der Waals surface area contributed by atoms with Gasteiger partial charge in [0.25, 0.3) is 5.91 Å². The molecule has 0 unspecified atom stereocenters. The van der Waals surface area contributed by atoms with Crippen LogP contribution in [-0.4, -0.2) is 23.0 Å². The molecule has 1 heterocycles. The monoisotopic (exact) mass is 221 g/mol. The maximum absolute atomic E-state index is 11.8. The van der Waals surface area contributed by atoms with Crippen molar-refractivity contribution in [3.8, 4) is 0 Å². The second-order valence-electron chi connectivity index (χ2n) is 4.33. The maximum Gasteiger partial charge on any atom is 0.257 e. The Bertz CT molecular complexity index is 474. The number of nitrogens with one attached hydrogen (secondary N) is 2. The Morgan fingerprint density at radius 1 is 1.62 bits per heavy atom. The van der Waals surface area contributed by atoms with Gasteiger partial charge in [0.2, 0.25) is 0 Å². The number of aryl methyl sites for hydroxylation is 1. The zero-order valence-electron chi connectivity index (χ0n) is 9.17. The highest BCUT2D eigenvalue weighted by atomic mass is 16.2. The van der Waals surface area contributed by atoms with E-state index in [-0.39, 0.29) is 22.4 Å². The minimum absolute atomic E-state index is 0.144. The van der Waals surface area contributed by atoms with E-state index in [2.05, 4.69) is 10.3 Å². The van der Waals surface area contributed by atoms with Crippen LogP contribution in [0.25, 0.3) is 0 Å². The number of aromatic amines is 1. The predicted octanol–water partition coefficient (Wildman–Crippen LogP) is -0.0956. The van der Waals surface area contributed by atoms with Crippen LogP contribution in [0.3, 0.4) is 0 Å². The summed E-state index contributed by atoms with van der Waals surface area (Å²) in [7, 11) is 0. The Kier molecular flexibility index (Phi) is 2.55. The second-order valence-corrected chi connectivity index (χ2v) is 4.33. The molecule has 1 aliphatic rings. The number of hydrogen-bond donors (Lipinski definition) is 3. The van der Waals surface area contributed by atoms with E-state index >= 15 is 0 Å². The molecule has 5 heteroatoms. The van der Waals surface area contributed by atoms with Crippen molar-refractivity contribution in [3.05, 3.63) is 33.7 Å². The van der Waals surface area contributed by atoms with Gasteiger partial charge >= 0.3 is 0 Å². The standard InChI is InChI=1S/C11H15N3O2/c1-7-4-9(15)8(5-13-7)10(16)14-11(6-12)2-3-11/h4-5H,2-3,6,12H2,1H3,(H,13,15)(H,14,16). The fourth-order valence-corrected chi connectivity index (χ4v) is 1.59. The number of H-pyrrole nitrogens is 1. The molecule has 1 saturated carbocycles. The molecular weight excluding hydrogens is 206 g/mol. The number of carbonyl (C=O) groups excluding carboxylic acids is 1. The molecule has 0 aromatic carbocycles. The van der Waals surface area contributed by atoms with Crippen LogP contribution >= 0.6 is 0 Å². The zero-order valence-corrected chi connectivity index (χ0v) is 9.17. The molecule has 5 nitrogen and oxygen atoms in total. The third-order valence-corrected chi connectivity index (χ3v) is 2.92. The minimum atomic E-state index is -0.343. The van der Waals surface area contributed by atoms with Gasteiger partial charge in [0, 0.05) is 24.5 Å². The number of amides is 1. The van der Waals surface area contributed by atoms with Crippen LogP contribution in [0.15, 0.2) is 17.1 Å². The van der Waals surface area contributed by atoms with E-state index < -0.39 is 0 Å². The SMILES string of the molecule is Cc1cc(=O)c(C(=O)NC2(CN)CC2)c[nH]1. The lowest BCUT2D eigenvalue weighted by atomic mass is 10.2. The van der Waals surface area contributed by atoms with Crippen molar-refractivity contribution in [1.29, 1.82) is 0 Å².